The number of benzene rings is 1. The van der Waals surface area contributed by atoms with E-state index in [0.717, 1.165) is 17.9 Å². The maximum atomic E-state index is 11.8. The van der Waals surface area contributed by atoms with Crippen molar-refractivity contribution in [3.63, 3.8) is 0 Å². The Hall–Kier alpha value is -1.55. The summed E-state index contributed by atoms with van der Waals surface area (Å²) in [5, 5.41) is 6.35. The molecule has 1 atom stereocenters. The molecule has 1 saturated carbocycles. The zero-order chi connectivity index (χ0) is 13.7. The lowest BCUT2D eigenvalue weighted by Crippen LogP contribution is -2.30. The molecule has 0 heterocycles. The third kappa shape index (κ3) is 4.56. The van der Waals surface area contributed by atoms with Gasteiger partial charge in [0, 0.05) is 19.0 Å². The molecule has 0 spiro atoms. The number of methoxy groups -OCH3 is 1. The Balaban J connectivity index is 1.77. The molecule has 0 unspecified atom stereocenters. The van der Waals surface area contributed by atoms with Crippen LogP contribution in [-0.2, 0) is 4.79 Å². The Labute approximate surface area is 114 Å². The van der Waals surface area contributed by atoms with Crippen molar-refractivity contribution in [1.29, 1.82) is 0 Å². The van der Waals surface area contributed by atoms with E-state index < -0.39 is 0 Å². The number of carbonyl (C=O) groups is 1. The number of carbonyl (C=O) groups excluding carboxylic acids is 1. The van der Waals surface area contributed by atoms with Crippen molar-refractivity contribution in [3.8, 4) is 5.75 Å². The predicted molar refractivity (Wildman–Crippen MR) is 75.2 cm³/mol. The van der Waals surface area contributed by atoms with Gasteiger partial charge in [-0.3, -0.25) is 4.79 Å². The fourth-order valence-electron chi connectivity index (χ4n) is 1.99. The molecule has 2 N–H and O–H groups in total. The monoisotopic (exact) mass is 262 g/mol. The molecular formula is C15H22N2O2. The molecule has 0 bridgehead atoms. The summed E-state index contributed by atoms with van der Waals surface area (Å²) in [6.45, 7) is 2.75. The van der Waals surface area contributed by atoms with Crippen LogP contribution in [0.5, 0.6) is 5.75 Å². The first kappa shape index (κ1) is 13.9. The smallest absolute Gasteiger partial charge is 0.221 e. The van der Waals surface area contributed by atoms with Gasteiger partial charge >= 0.3 is 0 Å². The first-order valence-corrected chi connectivity index (χ1v) is 6.85. The molecule has 0 radical (unpaired) electrons. The van der Waals surface area contributed by atoms with Crippen LogP contribution in [0.15, 0.2) is 24.3 Å². The highest BCUT2D eigenvalue weighted by atomic mass is 16.5. The lowest BCUT2D eigenvalue weighted by atomic mass is 10.1. The molecule has 1 aliphatic rings. The van der Waals surface area contributed by atoms with E-state index in [2.05, 4.69) is 10.6 Å². The van der Waals surface area contributed by atoms with Crippen LogP contribution in [0.2, 0.25) is 0 Å². The molecule has 0 saturated heterocycles. The first-order valence-electron chi connectivity index (χ1n) is 6.85. The summed E-state index contributed by atoms with van der Waals surface area (Å²) in [6.07, 6.45) is 3.04. The Morgan fingerprint density at radius 2 is 2.26 bits per heavy atom. The second-order valence-corrected chi connectivity index (χ2v) is 5.04. The van der Waals surface area contributed by atoms with Gasteiger partial charge in [0.25, 0.3) is 0 Å². The Morgan fingerprint density at radius 1 is 1.47 bits per heavy atom. The van der Waals surface area contributed by atoms with Crippen LogP contribution in [0, 0.1) is 0 Å². The van der Waals surface area contributed by atoms with Gasteiger partial charge in [-0.1, -0.05) is 12.1 Å². The van der Waals surface area contributed by atoms with Crippen LogP contribution >= 0.6 is 0 Å². The summed E-state index contributed by atoms with van der Waals surface area (Å²) in [7, 11) is 1.64. The van der Waals surface area contributed by atoms with Crippen molar-refractivity contribution >= 4 is 5.91 Å². The van der Waals surface area contributed by atoms with E-state index in [4.69, 9.17) is 4.74 Å². The summed E-state index contributed by atoms with van der Waals surface area (Å²) < 4.78 is 5.19. The molecule has 1 aliphatic carbocycles. The lowest BCUT2D eigenvalue weighted by molar-refractivity contribution is -0.121. The maximum Gasteiger partial charge on any atom is 0.221 e. The van der Waals surface area contributed by atoms with Gasteiger partial charge in [0.2, 0.25) is 5.91 Å². The molecular weight excluding hydrogens is 240 g/mol. The summed E-state index contributed by atoms with van der Waals surface area (Å²) in [5.41, 5.74) is 1.06. The number of ether oxygens (including phenoxy) is 1. The average molecular weight is 262 g/mol. The van der Waals surface area contributed by atoms with E-state index in [9.17, 15) is 4.79 Å². The summed E-state index contributed by atoms with van der Waals surface area (Å²) in [4.78, 5) is 11.8. The van der Waals surface area contributed by atoms with E-state index >= 15 is 0 Å². The van der Waals surface area contributed by atoms with Gasteiger partial charge in [-0.05, 0) is 37.5 Å². The SMILES string of the molecule is COc1cccc([C@@H](C)NC(=O)CCNC2CC2)c1. The zero-order valence-corrected chi connectivity index (χ0v) is 11.6. The van der Waals surface area contributed by atoms with Gasteiger partial charge < -0.3 is 15.4 Å². The minimum atomic E-state index is 0.00326. The molecule has 1 fully saturated rings. The third-order valence-electron chi connectivity index (χ3n) is 3.33. The average Bonchev–Trinajstić information content (AvgIpc) is 3.23. The van der Waals surface area contributed by atoms with Crippen molar-refractivity contribution in [2.75, 3.05) is 13.7 Å². The van der Waals surface area contributed by atoms with Crippen LogP contribution in [0.4, 0.5) is 0 Å². The Morgan fingerprint density at radius 3 is 2.95 bits per heavy atom. The van der Waals surface area contributed by atoms with Crippen LogP contribution < -0.4 is 15.4 Å². The quantitative estimate of drug-likeness (QED) is 0.790. The van der Waals surface area contributed by atoms with Crippen molar-refractivity contribution in [2.45, 2.75) is 38.3 Å². The van der Waals surface area contributed by atoms with Crippen LogP contribution in [0.3, 0.4) is 0 Å². The van der Waals surface area contributed by atoms with Gasteiger partial charge in [0.05, 0.1) is 13.2 Å². The van der Waals surface area contributed by atoms with Gasteiger partial charge in [-0.15, -0.1) is 0 Å². The maximum absolute atomic E-state index is 11.8. The Kier molecular flexibility index (Phi) is 4.80. The number of amides is 1. The minimum Gasteiger partial charge on any atom is -0.497 e. The molecule has 1 amide bonds. The van der Waals surface area contributed by atoms with E-state index in [1.54, 1.807) is 7.11 Å². The van der Waals surface area contributed by atoms with Crippen LogP contribution in [-0.4, -0.2) is 25.6 Å². The molecule has 4 heteroatoms. The fraction of sp³-hybridized carbons (Fsp3) is 0.533. The number of rotatable bonds is 7. The highest BCUT2D eigenvalue weighted by Gasteiger charge is 2.20. The second-order valence-electron chi connectivity index (χ2n) is 5.04. The topological polar surface area (TPSA) is 50.4 Å². The summed E-state index contributed by atoms with van der Waals surface area (Å²) in [5.74, 6) is 0.900. The summed E-state index contributed by atoms with van der Waals surface area (Å²) in [6, 6.07) is 8.44. The van der Waals surface area contributed by atoms with Crippen molar-refractivity contribution in [2.24, 2.45) is 0 Å². The van der Waals surface area contributed by atoms with Crippen molar-refractivity contribution < 1.29 is 9.53 Å². The largest absolute Gasteiger partial charge is 0.497 e. The van der Waals surface area contributed by atoms with Gasteiger partial charge in [-0.25, -0.2) is 0 Å². The van der Waals surface area contributed by atoms with Crippen LogP contribution in [0.1, 0.15) is 37.8 Å². The predicted octanol–water partition coefficient (Wildman–Crippen LogP) is 2.01. The summed E-state index contributed by atoms with van der Waals surface area (Å²) >= 11 is 0. The highest BCUT2D eigenvalue weighted by Crippen LogP contribution is 2.19. The molecule has 19 heavy (non-hydrogen) atoms. The van der Waals surface area contributed by atoms with Crippen molar-refractivity contribution in [3.05, 3.63) is 29.8 Å². The molecule has 104 valence electrons. The second kappa shape index (κ2) is 6.57. The van der Waals surface area contributed by atoms with Crippen LogP contribution in [0.25, 0.3) is 0 Å². The van der Waals surface area contributed by atoms with E-state index in [1.165, 1.54) is 12.8 Å². The normalized spacial score (nSPS) is 15.9. The molecule has 2 rings (SSSR count). The lowest BCUT2D eigenvalue weighted by Gasteiger charge is -2.15. The van der Waals surface area contributed by atoms with Crippen molar-refractivity contribution in [1.82, 2.24) is 10.6 Å². The van der Waals surface area contributed by atoms with Gasteiger partial charge in [0.15, 0.2) is 0 Å². The van der Waals surface area contributed by atoms with Gasteiger partial charge in [-0.2, -0.15) is 0 Å². The third-order valence-corrected chi connectivity index (χ3v) is 3.33. The fourth-order valence-corrected chi connectivity index (χ4v) is 1.99. The number of hydrogen-bond donors (Lipinski definition) is 2. The highest BCUT2D eigenvalue weighted by molar-refractivity contribution is 5.76. The molecule has 1 aromatic carbocycles. The van der Waals surface area contributed by atoms with E-state index in [-0.39, 0.29) is 11.9 Å². The Bertz CT molecular complexity index is 430. The first-order chi connectivity index (χ1) is 9.19. The van der Waals surface area contributed by atoms with E-state index in [0.29, 0.717) is 12.5 Å². The molecule has 0 aromatic heterocycles. The molecule has 4 nitrogen and oxygen atoms in total. The minimum absolute atomic E-state index is 0.00326. The number of nitrogens with one attached hydrogen (secondary N) is 2. The molecule has 1 aromatic rings. The van der Waals surface area contributed by atoms with Gasteiger partial charge in [0.1, 0.15) is 5.75 Å². The standard InChI is InChI=1S/C15H22N2O2/c1-11(12-4-3-5-14(10-12)19-2)17-15(18)8-9-16-13-6-7-13/h3-5,10-11,13,16H,6-9H2,1-2H3,(H,17,18)/t11-/m1/s1. The number of hydrogen-bond acceptors (Lipinski definition) is 3. The zero-order valence-electron chi connectivity index (χ0n) is 11.6. The molecule has 0 aliphatic heterocycles. The van der Waals surface area contributed by atoms with E-state index in [1.807, 2.05) is 31.2 Å².